The average Bonchev–Trinajstić information content (AvgIpc) is 2.52. The van der Waals surface area contributed by atoms with Crippen molar-refractivity contribution in [2.45, 2.75) is 20.3 Å². The zero-order chi connectivity index (χ0) is 15.9. The van der Waals surface area contributed by atoms with Gasteiger partial charge >= 0.3 is 0 Å². The number of para-hydroxylation sites is 1. The summed E-state index contributed by atoms with van der Waals surface area (Å²) in [6.45, 7) is 5.60. The lowest BCUT2D eigenvalue weighted by atomic mass is 10.1. The normalized spacial score (nSPS) is 10.3. The van der Waals surface area contributed by atoms with Gasteiger partial charge in [-0.1, -0.05) is 24.3 Å². The first kappa shape index (κ1) is 15.9. The van der Waals surface area contributed by atoms with Gasteiger partial charge in [0.1, 0.15) is 0 Å². The highest BCUT2D eigenvalue weighted by Gasteiger charge is 2.09. The van der Waals surface area contributed by atoms with Crippen LogP contribution in [0.1, 0.15) is 18.9 Å². The minimum absolute atomic E-state index is 0.00285. The molecule has 22 heavy (non-hydrogen) atoms. The summed E-state index contributed by atoms with van der Waals surface area (Å²) in [4.78, 5) is 14.3. The van der Waals surface area contributed by atoms with Crippen LogP contribution in [0.25, 0.3) is 0 Å². The van der Waals surface area contributed by atoms with E-state index < -0.39 is 0 Å². The molecule has 4 heteroatoms. The molecule has 0 saturated heterocycles. The number of carbonyl (C=O) groups is 1. The van der Waals surface area contributed by atoms with Gasteiger partial charge in [0, 0.05) is 36.6 Å². The Bertz CT molecular complexity index is 625. The van der Waals surface area contributed by atoms with Gasteiger partial charge in [0.15, 0.2) is 0 Å². The quantitative estimate of drug-likeness (QED) is 0.803. The van der Waals surface area contributed by atoms with Crippen molar-refractivity contribution in [3.8, 4) is 0 Å². The van der Waals surface area contributed by atoms with E-state index in [-0.39, 0.29) is 5.91 Å². The van der Waals surface area contributed by atoms with Crippen molar-refractivity contribution < 1.29 is 4.79 Å². The molecule has 2 rings (SSSR count). The summed E-state index contributed by atoms with van der Waals surface area (Å²) in [6.07, 6.45) is 0.441. The SMILES string of the molecule is CCN(CCC(=O)Nc1cc(N)ccc1C)c1ccccc1. The van der Waals surface area contributed by atoms with Crippen LogP contribution in [0.2, 0.25) is 0 Å². The van der Waals surface area contributed by atoms with Gasteiger partial charge in [-0.3, -0.25) is 4.79 Å². The minimum Gasteiger partial charge on any atom is -0.399 e. The van der Waals surface area contributed by atoms with Gasteiger partial charge in [0.05, 0.1) is 0 Å². The Morgan fingerprint density at radius 3 is 2.59 bits per heavy atom. The molecule has 0 saturated carbocycles. The smallest absolute Gasteiger partial charge is 0.226 e. The van der Waals surface area contributed by atoms with Gasteiger partial charge in [-0.15, -0.1) is 0 Å². The summed E-state index contributed by atoms with van der Waals surface area (Å²) in [7, 11) is 0. The second-order valence-electron chi connectivity index (χ2n) is 5.29. The molecule has 0 fully saturated rings. The summed E-state index contributed by atoms with van der Waals surface area (Å²) < 4.78 is 0. The zero-order valence-electron chi connectivity index (χ0n) is 13.2. The number of nitrogen functional groups attached to an aromatic ring is 1. The van der Waals surface area contributed by atoms with Crippen molar-refractivity contribution in [2.24, 2.45) is 0 Å². The van der Waals surface area contributed by atoms with E-state index >= 15 is 0 Å². The molecule has 0 aromatic heterocycles. The molecule has 2 aromatic carbocycles. The van der Waals surface area contributed by atoms with Crippen molar-refractivity contribution >= 4 is 23.0 Å². The second kappa shape index (κ2) is 7.50. The average molecular weight is 297 g/mol. The number of nitrogens with zero attached hydrogens (tertiary/aromatic N) is 1. The van der Waals surface area contributed by atoms with Gasteiger partial charge in [-0.2, -0.15) is 0 Å². The van der Waals surface area contributed by atoms with E-state index in [2.05, 4.69) is 29.3 Å². The summed E-state index contributed by atoms with van der Waals surface area (Å²) >= 11 is 0. The maximum absolute atomic E-state index is 12.1. The fraction of sp³-hybridized carbons (Fsp3) is 0.278. The molecule has 4 nitrogen and oxygen atoms in total. The number of nitrogens with one attached hydrogen (secondary N) is 1. The number of rotatable bonds is 6. The molecule has 0 spiro atoms. The van der Waals surface area contributed by atoms with Crippen LogP contribution in [0.15, 0.2) is 48.5 Å². The summed E-state index contributed by atoms with van der Waals surface area (Å²) in [6, 6.07) is 15.7. The summed E-state index contributed by atoms with van der Waals surface area (Å²) in [5, 5.41) is 2.94. The van der Waals surface area contributed by atoms with Crippen LogP contribution in [-0.2, 0) is 4.79 Å². The van der Waals surface area contributed by atoms with Gasteiger partial charge in [0.25, 0.3) is 0 Å². The fourth-order valence-electron chi connectivity index (χ4n) is 2.33. The fourth-order valence-corrected chi connectivity index (χ4v) is 2.33. The first-order valence-corrected chi connectivity index (χ1v) is 7.56. The van der Waals surface area contributed by atoms with Gasteiger partial charge < -0.3 is 16.0 Å². The van der Waals surface area contributed by atoms with Gasteiger partial charge in [-0.05, 0) is 43.7 Å². The number of carbonyl (C=O) groups excluding carboxylic acids is 1. The molecular weight excluding hydrogens is 274 g/mol. The second-order valence-corrected chi connectivity index (χ2v) is 5.29. The van der Waals surface area contributed by atoms with Crippen molar-refractivity contribution in [3.63, 3.8) is 0 Å². The van der Waals surface area contributed by atoms with Crippen LogP contribution >= 0.6 is 0 Å². The zero-order valence-corrected chi connectivity index (χ0v) is 13.2. The third-order valence-corrected chi connectivity index (χ3v) is 3.65. The molecule has 0 aliphatic rings. The van der Waals surface area contributed by atoms with Crippen molar-refractivity contribution in [2.75, 3.05) is 29.0 Å². The van der Waals surface area contributed by atoms with Gasteiger partial charge in [0.2, 0.25) is 5.91 Å². The third-order valence-electron chi connectivity index (χ3n) is 3.65. The molecule has 0 heterocycles. The Morgan fingerprint density at radius 1 is 1.18 bits per heavy atom. The first-order valence-electron chi connectivity index (χ1n) is 7.56. The van der Waals surface area contributed by atoms with E-state index in [1.165, 1.54) is 0 Å². The van der Waals surface area contributed by atoms with Crippen LogP contribution in [0.5, 0.6) is 0 Å². The highest BCUT2D eigenvalue weighted by Crippen LogP contribution is 2.18. The lowest BCUT2D eigenvalue weighted by Crippen LogP contribution is -2.27. The Balaban J connectivity index is 1.93. The molecule has 0 aliphatic heterocycles. The molecular formula is C18H23N3O. The maximum Gasteiger partial charge on any atom is 0.226 e. The summed E-state index contributed by atoms with van der Waals surface area (Å²) in [5.41, 5.74) is 9.35. The van der Waals surface area contributed by atoms with E-state index in [4.69, 9.17) is 5.73 Å². The molecule has 0 radical (unpaired) electrons. The Kier molecular flexibility index (Phi) is 5.42. The van der Waals surface area contributed by atoms with E-state index in [0.717, 1.165) is 23.5 Å². The van der Waals surface area contributed by atoms with Crippen molar-refractivity contribution in [1.82, 2.24) is 0 Å². The Morgan fingerprint density at radius 2 is 1.91 bits per heavy atom. The number of nitrogens with two attached hydrogens (primary N) is 1. The van der Waals surface area contributed by atoms with Crippen LogP contribution in [-0.4, -0.2) is 19.0 Å². The number of aryl methyl sites for hydroxylation is 1. The monoisotopic (exact) mass is 297 g/mol. The molecule has 1 amide bonds. The molecule has 0 unspecified atom stereocenters. The minimum atomic E-state index is 0.00285. The van der Waals surface area contributed by atoms with E-state index in [9.17, 15) is 4.79 Å². The highest BCUT2D eigenvalue weighted by atomic mass is 16.1. The maximum atomic E-state index is 12.1. The van der Waals surface area contributed by atoms with E-state index in [0.29, 0.717) is 18.7 Å². The van der Waals surface area contributed by atoms with Crippen LogP contribution in [0.4, 0.5) is 17.1 Å². The number of hydrogen-bond donors (Lipinski definition) is 2. The van der Waals surface area contributed by atoms with Crippen molar-refractivity contribution in [1.29, 1.82) is 0 Å². The number of anilines is 3. The van der Waals surface area contributed by atoms with Crippen LogP contribution in [0, 0.1) is 6.92 Å². The molecule has 3 N–H and O–H groups in total. The largest absolute Gasteiger partial charge is 0.399 e. The van der Waals surface area contributed by atoms with E-state index in [1.54, 1.807) is 6.07 Å². The predicted octanol–water partition coefficient (Wildman–Crippen LogP) is 3.43. The summed E-state index contributed by atoms with van der Waals surface area (Å²) in [5.74, 6) is 0.00285. The van der Waals surface area contributed by atoms with Gasteiger partial charge in [-0.25, -0.2) is 0 Å². The topological polar surface area (TPSA) is 58.4 Å². The Hall–Kier alpha value is -2.49. The van der Waals surface area contributed by atoms with Crippen LogP contribution < -0.4 is 16.0 Å². The molecule has 116 valence electrons. The first-order chi connectivity index (χ1) is 10.6. The molecule has 0 bridgehead atoms. The lowest BCUT2D eigenvalue weighted by Gasteiger charge is -2.22. The molecule has 2 aromatic rings. The number of hydrogen-bond acceptors (Lipinski definition) is 3. The highest BCUT2D eigenvalue weighted by molar-refractivity contribution is 5.92. The predicted molar refractivity (Wildman–Crippen MR) is 93.2 cm³/mol. The van der Waals surface area contributed by atoms with Crippen LogP contribution in [0.3, 0.4) is 0 Å². The van der Waals surface area contributed by atoms with E-state index in [1.807, 2.05) is 37.3 Å². The standard InChI is InChI=1S/C18H23N3O/c1-3-21(16-7-5-4-6-8-16)12-11-18(22)20-17-13-15(19)10-9-14(17)2/h4-10,13H,3,11-12,19H2,1-2H3,(H,20,22). The lowest BCUT2D eigenvalue weighted by molar-refractivity contribution is -0.116. The Labute approximate surface area is 131 Å². The number of benzene rings is 2. The van der Waals surface area contributed by atoms with Crippen molar-refractivity contribution in [3.05, 3.63) is 54.1 Å². The molecule has 0 atom stereocenters. The third kappa shape index (κ3) is 4.25. The number of amides is 1. The molecule has 0 aliphatic carbocycles.